The van der Waals surface area contributed by atoms with E-state index in [-0.39, 0.29) is 0 Å². The van der Waals surface area contributed by atoms with E-state index in [0.717, 1.165) is 24.5 Å². The third kappa shape index (κ3) is 2.14. The van der Waals surface area contributed by atoms with Crippen LogP contribution < -0.4 is 5.32 Å². The van der Waals surface area contributed by atoms with Crippen LogP contribution in [0.25, 0.3) is 0 Å². The van der Waals surface area contributed by atoms with E-state index in [1.807, 2.05) is 7.05 Å². The van der Waals surface area contributed by atoms with Crippen LogP contribution in [-0.2, 0) is 6.42 Å². The van der Waals surface area contributed by atoms with Crippen LogP contribution in [0, 0.1) is 0 Å². The van der Waals surface area contributed by atoms with Crippen molar-refractivity contribution in [2.24, 2.45) is 0 Å². The molecule has 0 fully saturated rings. The second kappa shape index (κ2) is 3.85. The van der Waals surface area contributed by atoms with Gasteiger partial charge in [-0.2, -0.15) is 5.10 Å². The fourth-order valence-electron chi connectivity index (χ4n) is 0.790. The number of rotatable bonds is 3. The molecule has 1 N–H and O–H groups in total. The van der Waals surface area contributed by atoms with Gasteiger partial charge in [0.1, 0.15) is 5.82 Å². The Hall–Kier alpha value is -1.19. The summed E-state index contributed by atoms with van der Waals surface area (Å²) in [5.74, 6) is 1.59. The zero-order chi connectivity index (χ0) is 8.10. The molecule has 4 nitrogen and oxygen atoms in total. The Morgan fingerprint density at radius 1 is 1.55 bits per heavy atom. The van der Waals surface area contributed by atoms with E-state index in [1.165, 1.54) is 0 Å². The normalized spacial score (nSPS) is 9.64. The van der Waals surface area contributed by atoms with Gasteiger partial charge in [-0.25, -0.2) is 4.98 Å². The summed E-state index contributed by atoms with van der Waals surface area (Å²) < 4.78 is 0. The van der Waals surface area contributed by atoms with E-state index < -0.39 is 0 Å². The number of nitrogens with one attached hydrogen (secondary N) is 1. The lowest BCUT2D eigenvalue weighted by Crippen LogP contribution is -2.01. The Morgan fingerprint density at radius 3 is 3.00 bits per heavy atom. The summed E-state index contributed by atoms with van der Waals surface area (Å²) in [4.78, 5) is 4.20. The van der Waals surface area contributed by atoms with Crippen molar-refractivity contribution in [2.45, 2.75) is 19.8 Å². The first-order chi connectivity index (χ1) is 5.36. The summed E-state index contributed by atoms with van der Waals surface area (Å²) in [6.45, 7) is 2.09. The Morgan fingerprint density at radius 2 is 2.36 bits per heavy atom. The molecule has 0 atom stereocenters. The molecular formula is C7H12N4. The van der Waals surface area contributed by atoms with Crippen LogP contribution in [0.3, 0.4) is 0 Å². The summed E-state index contributed by atoms with van der Waals surface area (Å²) in [6, 6.07) is 0. The van der Waals surface area contributed by atoms with E-state index in [0.29, 0.717) is 0 Å². The molecule has 1 heterocycles. The number of aromatic nitrogens is 3. The monoisotopic (exact) mass is 152 g/mol. The molecule has 0 spiro atoms. The molecule has 0 aromatic carbocycles. The first-order valence-electron chi connectivity index (χ1n) is 3.73. The minimum absolute atomic E-state index is 0.781. The molecule has 1 aromatic heterocycles. The summed E-state index contributed by atoms with van der Waals surface area (Å²) in [6.07, 6.45) is 3.55. The largest absolute Gasteiger partial charge is 0.372 e. The summed E-state index contributed by atoms with van der Waals surface area (Å²) in [7, 11) is 1.82. The molecule has 0 saturated heterocycles. The Kier molecular flexibility index (Phi) is 2.77. The van der Waals surface area contributed by atoms with Gasteiger partial charge in [0.05, 0.1) is 6.20 Å². The highest BCUT2D eigenvalue weighted by Crippen LogP contribution is 1.99. The molecule has 0 unspecified atom stereocenters. The number of hydrogen-bond donors (Lipinski definition) is 1. The van der Waals surface area contributed by atoms with Crippen molar-refractivity contribution in [1.82, 2.24) is 15.2 Å². The number of hydrogen-bond acceptors (Lipinski definition) is 4. The second-order valence-corrected chi connectivity index (χ2v) is 2.26. The topological polar surface area (TPSA) is 50.7 Å². The summed E-state index contributed by atoms with van der Waals surface area (Å²) in [5.41, 5.74) is 0. The van der Waals surface area contributed by atoms with Crippen molar-refractivity contribution < 1.29 is 0 Å². The Bertz CT molecular complexity index is 223. The average molecular weight is 152 g/mol. The molecule has 60 valence electrons. The summed E-state index contributed by atoms with van der Waals surface area (Å²) >= 11 is 0. The third-order valence-electron chi connectivity index (χ3n) is 1.33. The molecule has 0 amide bonds. The highest BCUT2D eigenvalue weighted by Gasteiger charge is 1.95. The highest BCUT2D eigenvalue weighted by molar-refractivity contribution is 5.28. The Balaban J connectivity index is 2.74. The van der Waals surface area contributed by atoms with E-state index >= 15 is 0 Å². The molecule has 11 heavy (non-hydrogen) atoms. The van der Waals surface area contributed by atoms with Gasteiger partial charge in [0.15, 0.2) is 5.82 Å². The van der Waals surface area contributed by atoms with Crippen LogP contribution in [0.1, 0.15) is 19.2 Å². The molecule has 0 aliphatic heterocycles. The predicted octanol–water partition coefficient (Wildman–Crippen LogP) is 0.866. The maximum Gasteiger partial charge on any atom is 0.153 e. The van der Waals surface area contributed by atoms with Gasteiger partial charge < -0.3 is 5.32 Å². The molecule has 4 heteroatoms. The van der Waals surface area contributed by atoms with Gasteiger partial charge in [-0.15, -0.1) is 5.10 Å². The van der Waals surface area contributed by atoms with Crippen molar-refractivity contribution in [3.8, 4) is 0 Å². The van der Waals surface area contributed by atoms with Crippen molar-refractivity contribution in [3.05, 3.63) is 12.0 Å². The van der Waals surface area contributed by atoms with Gasteiger partial charge in [-0.1, -0.05) is 6.92 Å². The zero-order valence-corrected chi connectivity index (χ0v) is 6.83. The number of aryl methyl sites for hydroxylation is 1. The second-order valence-electron chi connectivity index (χ2n) is 2.26. The maximum absolute atomic E-state index is 4.20. The first-order valence-corrected chi connectivity index (χ1v) is 3.73. The van der Waals surface area contributed by atoms with Crippen LogP contribution in [0.2, 0.25) is 0 Å². The lowest BCUT2D eigenvalue weighted by molar-refractivity contribution is 0.789. The van der Waals surface area contributed by atoms with E-state index in [2.05, 4.69) is 27.4 Å². The van der Waals surface area contributed by atoms with Crippen molar-refractivity contribution in [3.63, 3.8) is 0 Å². The quantitative estimate of drug-likeness (QED) is 0.698. The standard InChI is InChI=1S/C7H12N4/c1-3-4-6-10-7(8-2)5-9-11-6/h5H,3-4H2,1-2H3,(H,8,10,11). The molecule has 1 rings (SSSR count). The number of nitrogens with zero attached hydrogens (tertiary/aromatic N) is 3. The van der Waals surface area contributed by atoms with Crippen LogP contribution in [0.15, 0.2) is 6.20 Å². The van der Waals surface area contributed by atoms with Crippen molar-refractivity contribution >= 4 is 5.82 Å². The van der Waals surface area contributed by atoms with Crippen LogP contribution in [0.4, 0.5) is 5.82 Å². The lowest BCUT2D eigenvalue weighted by atomic mass is 10.3. The Labute approximate surface area is 66.1 Å². The van der Waals surface area contributed by atoms with Gasteiger partial charge in [0.25, 0.3) is 0 Å². The van der Waals surface area contributed by atoms with Gasteiger partial charge in [0.2, 0.25) is 0 Å². The summed E-state index contributed by atoms with van der Waals surface area (Å²) in [5, 5.41) is 10.6. The fraction of sp³-hybridized carbons (Fsp3) is 0.571. The smallest absolute Gasteiger partial charge is 0.153 e. The molecule has 0 radical (unpaired) electrons. The van der Waals surface area contributed by atoms with E-state index in [4.69, 9.17) is 0 Å². The minimum atomic E-state index is 0.781. The number of anilines is 1. The van der Waals surface area contributed by atoms with Gasteiger partial charge >= 0.3 is 0 Å². The van der Waals surface area contributed by atoms with Gasteiger partial charge in [-0.3, -0.25) is 0 Å². The maximum atomic E-state index is 4.20. The van der Waals surface area contributed by atoms with Crippen molar-refractivity contribution in [2.75, 3.05) is 12.4 Å². The molecular weight excluding hydrogens is 140 g/mol. The average Bonchev–Trinajstić information content (AvgIpc) is 2.06. The highest BCUT2D eigenvalue weighted by atomic mass is 15.2. The van der Waals surface area contributed by atoms with Crippen LogP contribution in [0.5, 0.6) is 0 Å². The minimum Gasteiger partial charge on any atom is -0.372 e. The zero-order valence-electron chi connectivity index (χ0n) is 6.83. The lowest BCUT2D eigenvalue weighted by Gasteiger charge is -1.98. The molecule has 0 aliphatic carbocycles. The fourth-order valence-corrected chi connectivity index (χ4v) is 0.790. The van der Waals surface area contributed by atoms with Gasteiger partial charge in [0, 0.05) is 13.5 Å². The van der Waals surface area contributed by atoms with Gasteiger partial charge in [-0.05, 0) is 6.42 Å². The molecule has 0 aliphatic rings. The van der Waals surface area contributed by atoms with E-state index in [1.54, 1.807) is 6.20 Å². The SMILES string of the molecule is CCCc1nncc(NC)n1. The van der Waals surface area contributed by atoms with E-state index in [9.17, 15) is 0 Å². The third-order valence-corrected chi connectivity index (χ3v) is 1.33. The first kappa shape index (κ1) is 7.91. The predicted molar refractivity (Wildman–Crippen MR) is 43.4 cm³/mol. The molecule has 0 bridgehead atoms. The van der Waals surface area contributed by atoms with Crippen LogP contribution in [-0.4, -0.2) is 22.2 Å². The van der Waals surface area contributed by atoms with Crippen LogP contribution >= 0.6 is 0 Å². The van der Waals surface area contributed by atoms with Crippen molar-refractivity contribution in [1.29, 1.82) is 0 Å². The molecule has 0 saturated carbocycles. The molecule has 1 aromatic rings.